The highest BCUT2D eigenvalue weighted by Crippen LogP contribution is 2.27. The van der Waals surface area contributed by atoms with E-state index in [1.165, 1.54) is 0 Å². The maximum absolute atomic E-state index is 12.4. The highest BCUT2D eigenvalue weighted by atomic mass is 16.5. The molecule has 4 heteroatoms. The van der Waals surface area contributed by atoms with Gasteiger partial charge in [-0.1, -0.05) is 43.3 Å². The first kappa shape index (κ1) is 19.4. The Labute approximate surface area is 165 Å². The molecule has 0 saturated carbocycles. The van der Waals surface area contributed by atoms with Gasteiger partial charge in [-0.05, 0) is 66.4 Å². The summed E-state index contributed by atoms with van der Waals surface area (Å²) in [4.78, 5) is 24.0. The van der Waals surface area contributed by atoms with Crippen LogP contribution in [0, 0.1) is 6.92 Å². The molecule has 0 bridgehead atoms. The summed E-state index contributed by atoms with van der Waals surface area (Å²) in [5.41, 5.74) is 4.35. The van der Waals surface area contributed by atoms with E-state index in [2.05, 4.69) is 17.4 Å². The van der Waals surface area contributed by atoms with Gasteiger partial charge in [0.15, 0.2) is 0 Å². The smallest absolute Gasteiger partial charge is 0.343 e. The molecule has 0 heterocycles. The number of nitrogens with one attached hydrogen (secondary N) is 1. The monoisotopic (exact) mass is 373 g/mol. The van der Waals surface area contributed by atoms with E-state index >= 15 is 0 Å². The topological polar surface area (TPSA) is 55.4 Å². The molecule has 0 aromatic heterocycles. The molecule has 0 atom stereocenters. The molecule has 3 rings (SSSR count). The maximum Gasteiger partial charge on any atom is 0.343 e. The number of hydrogen-bond donors (Lipinski definition) is 1. The Morgan fingerprint density at radius 2 is 1.64 bits per heavy atom. The van der Waals surface area contributed by atoms with Crippen molar-refractivity contribution in [1.82, 2.24) is 0 Å². The van der Waals surface area contributed by atoms with Gasteiger partial charge >= 0.3 is 5.97 Å². The zero-order chi connectivity index (χ0) is 19.9. The Morgan fingerprint density at radius 1 is 0.929 bits per heavy atom. The van der Waals surface area contributed by atoms with Crippen molar-refractivity contribution >= 4 is 17.6 Å². The van der Waals surface area contributed by atoms with Crippen molar-refractivity contribution in [2.24, 2.45) is 0 Å². The summed E-state index contributed by atoms with van der Waals surface area (Å²) >= 11 is 0. The van der Waals surface area contributed by atoms with Crippen molar-refractivity contribution in [1.29, 1.82) is 0 Å². The van der Waals surface area contributed by atoms with Crippen LogP contribution in [0.5, 0.6) is 5.75 Å². The summed E-state index contributed by atoms with van der Waals surface area (Å²) in [6.45, 7) is 3.94. The second-order valence-corrected chi connectivity index (χ2v) is 6.61. The van der Waals surface area contributed by atoms with Crippen LogP contribution >= 0.6 is 0 Å². The molecule has 0 saturated heterocycles. The summed E-state index contributed by atoms with van der Waals surface area (Å²) in [5, 5.41) is 2.80. The summed E-state index contributed by atoms with van der Waals surface area (Å²) in [7, 11) is 0. The Balaban J connectivity index is 1.67. The van der Waals surface area contributed by atoms with Gasteiger partial charge in [0.2, 0.25) is 5.91 Å². The second-order valence-electron chi connectivity index (χ2n) is 6.61. The van der Waals surface area contributed by atoms with E-state index in [0.29, 0.717) is 23.4 Å². The molecule has 0 aliphatic rings. The summed E-state index contributed by atoms with van der Waals surface area (Å²) in [5.74, 6) is 0.0348. The second kappa shape index (κ2) is 9.00. The molecule has 3 aromatic rings. The average molecular weight is 373 g/mol. The van der Waals surface area contributed by atoms with Crippen molar-refractivity contribution in [3.63, 3.8) is 0 Å². The number of amides is 1. The number of esters is 1. The van der Waals surface area contributed by atoms with Crippen molar-refractivity contribution in [2.45, 2.75) is 26.7 Å². The molecule has 1 N–H and O–H groups in total. The Hall–Kier alpha value is -3.40. The zero-order valence-corrected chi connectivity index (χ0v) is 16.1. The van der Waals surface area contributed by atoms with Crippen molar-refractivity contribution in [3.05, 3.63) is 83.9 Å². The predicted molar refractivity (Wildman–Crippen MR) is 112 cm³/mol. The fourth-order valence-corrected chi connectivity index (χ4v) is 2.95. The molecular formula is C24H23NO3. The molecule has 3 aromatic carbocycles. The van der Waals surface area contributed by atoms with E-state index in [9.17, 15) is 9.59 Å². The molecule has 0 aliphatic heterocycles. The molecule has 0 fully saturated rings. The van der Waals surface area contributed by atoms with Crippen LogP contribution in [0.3, 0.4) is 0 Å². The predicted octanol–water partition coefficient (Wildman–Crippen LogP) is 5.62. The van der Waals surface area contributed by atoms with E-state index < -0.39 is 5.97 Å². The van der Waals surface area contributed by atoms with Gasteiger partial charge in [0, 0.05) is 12.1 Å². The average Bonchev–Trinajstić information content (AvgIpc) is 2.69. The van der Waals surface area contributed by atoms with Gasteiger partial charge in [-0.2, -0.15) is 0 Å². The normalized spacial score (nSPS) is 10.4. The highest BCUT2D eigenvalue weighted by Gasteiger charge is 2.11. The lowest BCUT2D eigenvalue weighted by molar-refractivity contribution is -0.116. The molecule has 0 unspecified atom stereocenters. The summed E-state index contributed by atoms with van der Waals surface area (Å²) in [6, 6.07) is 22.4. The SMILES string of the molecule is CCCC(=O)Nc1ccc(C(=O)Oc2ccc(-c3ccccc3)c(C)c2)cc1. The third kappa shape index (κ3) is 4.86. The van der Waals surface area contributed by atoms with Gasteiger partial charge in [-0.15, -0.1) is 0 Å². The largest absolute Gasteiger partial charge is 0.423 e. The number of aryl methyl sites for hydroxylation is 1. The molecule has 0 spiro atoms. The standard InChI is InChI=1S/C24H23NO3/c1-3-7-23(26)25-20-12-10-19(11-13-20)24(27)28-21-14-15-22(17(2)16-21)18-8-5-4-6-9-18/h4-6,8-16H,3,7H2,1-2H3,(H,25,26). The minimum absolute atomic E-state index is 0.0354. The minimum atomic E-state index is -0.432. The van der Waals surface area contributed by atoms with Gasteiger partial charge < -0.3 is 10.1 Å². The first-order valence-electron chi connectivity index (χ1n) is 9.35. The van der Waals surface area contributed by atoms with Crippen LogP contribution in [0.15, 0.2) is 72.8 Å². The van der Waals surface area contributed by atoms with Gasteiger partial charge in [0.1, 0.15) is 5.75 Å². The van der Waals surface area contributed by atoms with E-state index in [0.717, 1.165) is 23.1 Å². The van der Waals surface area contributed by atoms with Crippen LogP contribution in [-0.2, 0) is 4.79 Å². The number of rotatable bonds is 6. The van der Waals surface area contributed by atoms with Crippen LogP contribution in [0.4, 0.5) is 5.69 Å². The molecule has 28 heavy (non-hydrogen) atoms. The number of hydrogen-bond acceptors (Lipinski definition) is 3. The van der Waals surface area contributed by atoms with E-state index in [1.54, 1.807) is 30.3 Å². The van der Waals surface area contributed by atoms with Crippen LogP contribution in [0.25, 0.3) is 11.1 Å². The first-order valence-corrected chi connectivity index (χ1v) is 9.35. The zero-order valence-electron chi connectivity index (χ0n) is 16.1. The van der Waals surface area contributed by atoms with Gasteiger partial charge in [0.05, 0.1) is 5.56 Å². The maximum atomic E-state index is 12.4. The Kier molecular flexibility index (Phi) is 6.22. The lowest BCUT2D eigenvalue weighted by Crippen LogP contribution is -2.11. The quantitative estimate of drug-likeness (QED) is 0.451. The van der Waals surface area contributed by atoms with Crippen LogP contribution in [0.1, 0.15) is 35.7 Å². The van der Waals surface area contributed by atoms with Crippen molar-refractivity contribution in [2.75, 3.05) is 5.32 Å². The molecule has 0 radical (unpaired) electrons. The van der Waals surface area contributed by atoms with E-state index in [-0.39, 0.29) is 5.91 Å². The van der Waals surface area contributed by atoms with Crippen LogP contribution < -0.4 is 10.1 Å². The molecule has 4 nitrogen and oxygen atoms in total. The summed E-state index contributed by atoms with van der Waals surface area (Å²) in [6.07, 6.45) is 1.26. The first-order chi connectivity index (χ1) is 13.6. The number of anilines is 1. The lowest BCUT2D eigenvalue weighted by Gasteiger charge is -2.10. The number of carbonyl (C=O) groups excluding carboxylic acids is 2. The minimum Gasteiger partial charge on any atom is -0.423 e. The molecule has 142 valence electrons. The van der Waals surface area contributed by atoms with Gasteiger partial charge in [0.25, 0.3) is 0 Å². The van der Waals surface area contributed by atoms with Crippen LogP contribution in [-0.4, -0.2) is 11.9 Å². The molecule has 1 amide bonds. The molecule has 0 aliphatic carbocycles. The summed E-state index contributed by atoms with van der Waals surface area (Å²) < 4.78 is 5.51. The van der Waals surface area contributed by atoms with Gasteiger partial charge in [-0.3, -0.25) is 4.79 Å². The molecular weight excluding hydrogens is 350 g/mol. The van der Waals surface area contributed by atoms with Crippen molar-refractivity contribution < 1.29 is 14.3 Å². The number of carbonyl (C=O) groups is 2. The highest BCUT2D eigenvalue weighted by molar-refractivity contribution is 5.93. The number of ether oxygens (including phenoxy) is 1. The number of benzene rings is 3. The lowest BCUT2D eigenvalue weighted by atomic mass is 10.0. The van der Waals surface area contributed by atoms with Gasteiger partial charge in [-0.25, -0.2) is 4.79 Å². The fourth-order valence-electron chi connectivity index (χ4n) is 2.95. The Bertz CT molecular complexity index is 963. The fraction of sp³-hybridized carbons (Fsp3) is 0.167. The third-order valence-corrected chi connectivity index (χ3v) is 4.37. The van der Waals surface area contributed by atoms with E-state index in [1.807, 2.05) is 44.2 Å². The van der Waals surface area contributed by atoms with Crippen LogP contribution in [0.2, 0.25) is 0 Å². The van der Waals surface area contributed by atoms with Crippen molar-refractivity contribution in [3.8, 4) is 16.9 Å². The third-order valence-electron chi connectivity index (χ3n) is 4.37. The Morgan fingerprint density at radius 3 is 2.29 bits per heavy atom. The van der Waals surface area contributed by atoms with E-state index in [4.69, 9.17) is 4.74 Å².